The Kier molecular flexibility index (Phi) is 4.00. The lowest BCUT2D eigenvalue weighted by molar-refractivity contribution is -0.117. The Hall–Kier alpha value is -2.09. The van der Waals surface area contributed by atoms with Crippen LogP contribution in [0.4, 0.5) is 5.69 Å². The molecule has 0 aliphatic carbocycles. The van der Waals surface area contributed by atoms with Crippen molar-refractivity contribution < 1.29 is 4.79 Å². The molecule has 0 radical (unpaired) electrons. The van der Waals surface area contributed by atoms with Crippen LogP contribution in [0.25, 0.3) is 0 Å². The second-order valence-corrected chi connectivity index (χ2v) is 5.07. The lowest BCUT2D eigenvalue weighted by Crippen LogP contribution is -2.08. The molecule has 98 valence electrons. The van der Waals surface area contributed by atoms with Crippen LogP contribution < -0.4 is 5.73 Å². The molecule has 0 atom stereocenters. The van der Waals surface area contributed by atoms with Crippen LogP contribution in [0, 0.1) is 13.8 Å². The van der Waals surface area contributed by atoms with Crippen molar-refractivity contribution in [2.75, 3.05) is 5.73 Å². The quantitative estimate of drug-likeness (QED) is 0.850. The second-order valence-electron chi connectivity index (χ2n) is 5.07. The summed E-state index contributed by atoms with van der Waals surface area (Å²) in [6.07, 6.45) is 0.931. The molecule has 2 heteroatoms. The average molecular weight is 253 g/mol. The molecule has 0 saturated heterocycles. The number of hydrogen-bond donors (Lipinski definition) is 1. The maximum absolute atomic E-state index is 12.1. The number of Topliss-reactive ketones (excluding diaryl/α,β-unsaturated/α-hetero) is 1. The minimum atomic E-state index is 0.222. The highest BCUT2D eigenvalue weighted by atomic mass is 16.1. The number of aryl methyl sites for hydroxylation is 2. The zero-order valence-electron chi connectivity index (χ0n) is 11.4. The van der Waals surface area contributed by atoms with E-state index < -0.39 is 0 Å². The average Bonchev–Trinajstić information content (AvgIpc) is 2.34. The molecule has 0 spiro atoms. The smallest absolute Gasteiger partial charge is 0.141 e. The summed E-state index contributed by atoms with van der Waals surface area (Å²) in [5.74, 6) is 0.222. The fraction of sp³-hybridized carbons (Fsp3) is 0.235. The third-order valence-corrected chi connectivity index (χ3v) is 3.24. The second kappa shape index (κ2) is 5.70. The van der Waals surface area contributed by atoms with E-state index in [1.807, 2.05) is 38.1 Å². The first kappa shape index (κ1) is 13.3. The molecule has 0 aromatic heterocycles. The number of ketones is 1. The Labute approximate surface area is 114 Å². The molecule has 0 fully saturated rings. The van der Waals surface area contributed by atoms with Crippen molar-refractivity contribution in [3.63, 3.8) is 0 Å². The van der Waals surface area contributed by atoms with Crippen LogP contribution in [0.5, 0.6) is 0 Å². The zero-order valence-corrected chi connectivity index (χ0v) is 11.4. The Balaban J connectivity index is 2.07. The van der Waals surface area contributed by atoms with Crippen LogP contribution in [-0.2, 0) is 17.6 Å². The molecule has 2 N–H and O–H groups in total. The van der Waals surface area contributed by atoms with Gasteiger partial charge in [-0.05, 0) is 42.7 Å². The van der Waals surface area contributed by atoms with Gasteiger partial charge in [0.1, 0.15) is 5.78 Å². The van der Waals surface area contributed by atoms with Crippen molar-refractivity contribution in [1.29, 1.82) is 0 Å². The number of anilines is 1. The molecule has 2 rings (SSSR count). The fourth-order valence-corrected chi connectivity index (χ4v) is 2.20. The van der Waals surface area contributed by atoms with E-state index in [0.717, 1.165) is 11.1 Å². The molecular formula is C17H19NO. The molecule has 2 nitrogen and oxygen atoms in total. The molecule has 0 aliphatic rings. The first-order valence-corrected chi connectivity index (χ1v) is 6.47. The molecule has 19 heavy (non-hydrogen) atoms. The first-order chi connectivity index (χ1) is 9.04. The zero-order chi connectivity index (χ0) is 13.8. The van der Waals surface area contributed by atoms with Crippen LogP contribution in [0.2, 0.25) is 0 Å². The molecule has 2 aromatic rings. The lowest BCUT2D eigenvalue weighted by Gasteiger charge is -2.07. The van der Waals surface area contributed by atoms with Gasteiger partial charge in [-0.1, -0.05) is 35.9 Å². The number of hydrogen-bond acceptors (Lipinski definition) is 2. The number of rotatable bonds is 4. The Morgan fingerprint density at radius 2 is 1.84 bits per heavy atom. The number of benzene rings is 2. The van der Waals surface area contributed by atoms with E-state index in [1.54, 1.807) is 0 Å². The third-order valence-electron chi connectivity index (χ3n) is 3.24. The highest BCUT2D eigenvalue weighted by molar-refractivity contribution is 5.83. The minimum absolute atomic E-state index is 0.222. The van der Waals surface area contributed by atoms with Gasteiger partial charge in [0.25, 0.3) is 0 Å². The van der Waals surface area contributed by atoms with Crippen LogP contribution in [0.3, 0.4) is 0 Å². The van der Waals surface area contributed by atoms with Gasteiger partial charge in [0, 0.05) is 18.5 Å². The number of carbonyl (C=O) groups excluding carboxylic acids is 1. The largest absolute Gasteiger partial charge is 0.399 e. The molecule has 0 heterocycles. The van der Waals surface area contributed by atoms with E-state index in [-0.39, 0.29) is 5.78 Å². The monoisotopic (exact) mass is 253 g/mol. The summed E-state index contributed by atoms with van der Waals surface area (Å²) in [7, 11) is 0. The van der Waals surface area contributed by atoms with Gasteiger partial charge in [0.15, 0.2) is 0 Å². The highest BCUT2D eigenvalue weighted by Crippen LogP contribution is 2.14. The van der Waals surface area contributed by atoms with Crippen LogP contribution in [0.15, 0.2) is 42.5 Å². The molecular weight excluding hydrogens is 234 g/mol. The number of nitrogens with two attached hydrogens (primary N) is 1. The number of nitrogen functional groups attached to an aromatic ring is 1. The van der Waals surface area contributed by atoms with E-state index in [1.165, 1.54) is 11.1 Å². The van der Waals surface area contributed by atoms with E-state index >= 15 is 0 Å². The Morgan fingerprint density at radius 1 is 1.05 bits per heavy atom. The Bertz CT molecular complexity index is 602. The molecule has 0 saturated carbocycles. The van der Waals surface area contributed by atoms with Gasteiger partial charge in [0.2, 0.25) is 0 Å². The Morgan fingerprint density at radius 3 is 2.58 bits per heavy atom. The maximum atomic E-state index is 12.1. The predicted molar refractivity (Wildman–Crippen MR) is 79.2 cm³/mol. The van der Waals surface area contributed by atoms with Crippen molar-refractivity contribution in [2.45, 2.75) is 26.7 Å². The van der Waals surface area contributed by atoms with Gasteiger partial charge < -0.3 is 5.73 Å². The molecule has 0 aliphatic heterocycles. The van der Waals surface area contributed by atoms with Gasteiger partial charge in [0.05, 0.1) is 0 Å². The topological polar surface area (TPSA) is 43.1 Å². The summed E-state index contributed by atoms with van der Waals surface area (Å²) in [6, 6.07) is 13.7. The van der Waals surface area contributed by atoms with E-state index in [9.17, 15) is 4.79 Å². The van der Waals surface area contributed by atoms with Crippen molar-refractivity contribution >= 4 is 11.5 Å². The summed E-state index contributed by atoms with van der Waals surface area (Å²) in [6.45, 7) is 4.09. The normalized spacial score (nSPS) is 10.4. The maximum Gasteiger partial charge on any atom is 0.141 e. The SMILES string of the molecule is Cc1ccc(C)c(CC(=O)Cc2cccc(N)c2)c1. The summed E-state index contributed by atoms with van der Waals surface area (Å²) in [5.41, 5.74) is 10.9. The lowest BCUT2D eigenvalue weighted by atomic mass is 9.98. The van der Waals surface area contributed by atoms with Crippen molar-refractivity contribution in [2.24, 2.45) is 0 Å². The summed E-state index contributed by atoms with van der Waals surface area (Å²) in [5, 5.41) is 0. The van der Waals surface area contributed by atoms with E-state index in [4.69, 9.17) is 5.73 Å². The molecule has 2 aromatic carbocycles. The molecule has 0 amide bonds. The third kappa shape index (κ3) is 3.68. The van der Waals surface area contributed by atoms with Gasteiger partial charge in [-0.2, -0.15) is 0 Å². The molecule has 0 unspecified atom stereocenters. The molecule has 0 bridgehead atoms. The van der Waals surface area contributed by atoms with Gasteiger partial charge in [-0.15, -0.1) is 0 Å². The van der Waals surface area contributed by atoms with E-state index in [2.05, 4.69) is 18.2 Å². The number of carbonyl (C=O) groups is 1. The van der Waals surface area contributed by atoms with E-state index in [0.29, 0.717) is 18.5 Å². The fourth-order valence-electron chi connectivity index (χ4n) is 2.20. The van der Waals surface area contributed by atoms with Gasteiger partial charge in [-0.25, -0.2) is 0 Å². The van der Waals surface area contributed by atoms with Crippen molar-refractivity contribution in [1.82, 2.24) is 0 Å². The van der Waals surface area contributed by atoms with Crippen LogP contribution >= 0.6 is 0 Å². The van der Waals surface area contributed by atoms with Crippen LogP contribution in [-0.4, -0.2) is 5.78 Å². The standard InChI is InChI=1S/C17H19NO/c1-12-6-7-13(2)15(8-12)11-17(19)10-14-4-3-5-16(18)9-14/h3-9H,10-11,18H2,1-2H3. The summed E-state index contributed by atoms with van der Waals surface area (Å²) >= 11 is 0. The van der Waals surface area contributed by atoms with Crippen molar-refractivity contribution in [3.05, 3.63) is 64.7 Å². The summed E-state index contributed by atoms with van der Waals surface area (Å²) in [4.78, 5) is 12.1. The highest BCUT2D eigenvalue weighted by Gasteiger charge is 2.08. The predicted octanol–water partition coefficient (Wildman–Crippen LogP) is 3.24. The van der Waals surface area contributed by atoms with Crippen molar-refractivity contribution in [3.8, 4) is 0 Å². The van der Waals surface area contributed by atoms with Gasteiger partial charge in [-0.3, -0.25) is 4.79 Å². The first-order valence-electron chi connectivity index (χ1n) is 6.47. The summed E-state index contributed by atoms with van der Waals surface area (Å²) < 4.78 is 0. The van der Waals surface area contributed by atoms with Gasteiger partial charge >= 0.3 is 0 Å². The minimum Gasteiger partial charge on any atom is -0.399 e. The van der Waals surface area contributed by atoms with Crippen LogP contribution in [0.1, 0.15) is 22.3 Å².